The molecule has 1 aromatic rings. The van der Waals surface area contributed by atoms with Crippen molar-refractivity contribution < 1.29 is 4.74 Å². The molecule has 3 N–H and O–H groups in total. The number of hydrogen-bond acceptors (Lipinski definition) is 4. The highest BCUT2D eigenvalue weighted by molar-refractivity contribution is 5.15. The maximum absolute atomic E-state index is 5.70. The van der Waals surface area contributed by atoms with Crippen molar-refractivity contribution in [2.24, 2.45) is 11.8 Å². The molecule has 0 amide bonds. The summed E-state index contributed by atoms with van der Waals surface area (Å²) in [7, 11) is 0. The minimum atomic E-state index is 0.140. The van der Waals surface area contributed by atoms with Gasteiger partial charge in [0.2, 0.25) is 0 Å². The number of aromatic nitrogens is 1. The molecule has 1 aliphatic rings. The molecule has 0 aliphatic carbocycles. The highest BCUT2D eigenvalue weighted by atomic mass is 16.5. The Balaban J connectivity index is 2.16. The fourth-order valence-electron chi connectivity index (χ4n) is 2.49. The molecule has 0 aromatic carbocycles. The van der Waals surface area contributed by atoms with E-state index in [1.54, 1.807) is 6.20 Å². The van der Waals surface area contributed by atoms with Gasteiger partial charge in [-0.1, -0.05) is 13.0 Å². The number of hydrogen-bond donors (Lipinski definition) is 2. The van der Waals surface area contributed by atoms with Crippen LogP contribution in [-0.2, 0) is 4.74 Å². The van der Waals surface area contributed by atoms with E-state index in [0.717, 1.165) is 25.0 Å². The lowest BCUT2D eigenvalue weighted by molar-refractivity contribution is 0.0773. The lowest BCUT2D eigenvalue weighted by atomic mass is 9.88. The van der Waals surface area contributed by atoms with Crippen molar-refractivity contribution >= 4 is 0 Å². The van der Waals surface area contributed by atoms with Crippen LogP contribution in [0, 0.1) is 5.92 Å². The monoisotopic (exact) mass is 221 g/mol. The number of nitrogens with zero attached hydrogens (tertiary/aromatic N) is 1. The van der Waals surface area contributed by atoms with Crippen LogP contribution in [0.5, 0.6) is 0 Å². The third kappa shape index (κ3) is 2.24. The molecule has 1 aromatic heterocycles. The lowest BCUT2D eigenvalue weighted by Crippen LogP contribution is -2.36. The average molecular weight is 221 g/mol. The minimum Gasteiger partial charge on any atom is -0.378 e. The number of rotatable bonds is 4. The van der Waals surface area contributed by atoms with Crippen LogP contribution in [0.1, 0.15) is 31.4 Å². The van der Waals surface area contributed by atoms with Crippen LogP contribution in [-0.4, -0.2) is 17.7 Å². The summed E-state index contributed by atoms with van der Waals surface area (Å²) in [5.41, 5.74) is 4.04. The maximum Gasteiger partial charge on any atom is 0.0620 e. The Morgan fingerprint density at radius 3 is 3.19 bits per heavy atom. The van der Waals surface area contributed by atoms with Crippen molar-refractivity contribution in [3.63, 3.8) is 0 Å². The summed E-state index contributed by atoms with van der Waals surface area (Å²) < 4.78 is 5.70. The summed E-state index contributed by atoms with van der Waals surface area (Å²) in [6.45, 7) is 2.99. The van der Waals surface area contributed by atoms with Crippen molar-refractivity contribution in [3.8, 4) is 0 Å². The number of nitrogens with one attached hydrogen (secondary N) is 1. The Hall–Kier alpha value is -0.970. The first-order valence-electron chi connectivity index (χ1n) is 5.84. The highest BCUT2D eigenvalue weighted by Gasteiger charge is 2.33. The van der Waals surface area contributed by atoms with Crippen molar-refractivity contribution in [2.45, 2.75) is 31.9 Å². The van der Waals surface area contributed by atoms with Crippen molar-refractivity contribution in [3.05, 3.63) is 30.1 Å². The molecule has 0 bridgehead atoms. The van der Waals surface area contributed by atoms with Crippen LogP contribution in [0.25, 0.3) is 0 Å². The van der Waals surface area contributed by atoms with Crippen LogP contribution >= 0.6 is 0 Å². The molecular formula is C12H19N3O. The molecule has 16 heavy (non-hydrogen) atoms. The molecule has 1 fully saturated rings. The first kappa shape index (κ1) is 11.5. The predicted molar refractivity (Wildman–Crippen MR) is 62.4 cm³/mol. The second-order valence-corrected chi connectivity index (χ2v) is 4.20. The zero-order valence-electron chi connectivity index (χ0n) is 9.60. The quantitative estimate of drug-likeness (QED) is 0.596. The standard InChI is InChI=1S/C12H19N3O/c1-2-11-10(5-7-16-11)12(15-13)9-4-3-6-14-8-9/h3-4,6,8,10-12,15H,2,5,7,13H2,1H3. The molecule has 3 unspecified atom stereocenters. The third-order valence-electron chi connectivity index (χ3n) is 3.31. The fourth-order valence-corrected chi connectivity index (χ4v) is 2.49. The molecule has 4 heteroatoms. The first-order chi connectivity index (χ1) is 7.86. The minimum absolute atomic E-state index is 0.140. The van der Waals surface area contributed by atoms with Crippen LogP contribution in [0.4, 0.5) is 0 Å². The van der Waals surface area contributed by atoms with Gasteiger partial charge >= 0.3 is 0 Å². The molecule has 88 valence electrons. The SMILES string of the molecule is CCC1OCCC1C(NN)c1cccnc1. The Kier molecular flexibility index (Phi) is 3.88. The van der Waals surface area contributed by atoms with Crippen molar-refractivity contribution in [1.82, 2.24) is 10.4 Å². The van der Waals surface area contributed by atoms with E-state index < -0.39 is 0 Å². The van der Waals surface area contributed by atoms with E-state index in [-0.39, 0.29) is 6.04 Å². The van der Waals surface area contributed by atoms with E-state index in [1.807, 2.05) is 12.3 Å². The average Bonchev–Trinajstić information content (AvgIpc) is 2.80. The fraction of sp³-hybridized carbons (Fsp3) is 0.583. The second-order valence-electron chi connectivity index (χ2n) is 4.20. The van der Waals surface area contributed by atoms with Gasteiger partial charge in [-0.2, -0.15) is 0 Å². The van der Waals surface area contributed by atoms with Gasteiger partial charge in [-0.3, -0.25) is 16.3 Å². The predicted octanol–water partition coefficient (Wildman–Crippen LogP) is 1.40. The molecule has 0 spiro atoms. The second kappa shape index (κ2) is 5.39. The molecule has 4 nitrogen and oxygen atoms in total. The van der Waals surface area contributed by atoms with E-state index in [2.05, 4.69) is 23.4 Å². The van der Waals surface area contributed by atoms with Gasteiger partial charge in [0.25, 0.3) is 0 Å². The lowest BCUT2D eigenvalue weighted by Gasteiger charge is -2.26. The number of nitrogens with two attached hydrogens (primary N) is 1. The molecule has 0 saturated carbocycles. The zero-order chi connectivity index (χ0) is 11.4. The number of pyridine rings is 1. The molecule has 1 saturated heterocycles. The molecule has 2 rings (SSSR count). The number of hydrazine groups is 1. The zero-order valence-corrected chi connectivity index (χ0v) is 9.60. The van der Waals surface area contributed by atoms with Crippen molar-refractivity contribution in [1.29, 1.82) is 0 Å². The molecule has 0 radical (unpaired) electrons. The van der Waals surface area contributed by atoms with Crippen LogP contribution in [0.3, 0.4) is 0 Å². The Labute approximate surface area is 96.2 Å². The van der Waals surface area contributed by atoms with E-state index in [0.29, 0.717) is 12.0 Å². The summed E-state index contributed by atoms with van der Waals surface area (Å²) in [5, 5.41) is 0. The van der Waals surface area contributed by atoms with Crippen molar-refractivity contribution in [2.75, 3.05) is 6.61 Å². The maximum atomic E-state index is 5.70. The Morgan fingerprint density at radius 1 is 1.69 bits per heavy atom. The summed E-state index contributed by atoms with van der Waals surface area (Å²) in [5.74, 6) is 6.11. The van der Waals surface area contributed by atoms with E-state index in [1.165, 1.54) is 0 Å². The topological polar surface area (TPSA) is 60.2 Å². The third-order valence-corrected chi connectivity index (χ3v) is 3.31. The molecular weight excluding hydrogens is 202 g/mol. The first-order valence-corrected chi connectivity index (χ1v) is 5.84. The Bertz CT molecular complexity index is 317. The van der Waals surface area contributed by atoms with E-state index in [9.17, 15) is 0 Å². The van der Waals surface area contributed by atoms with Gasteiger partial charge in [0.1, 0.15) is 0 Å². The summed E-state index contributed by atoms with van der Waals surface area (Å²) in [4.78, 5) is 4.14. The van der Waals surface area contributed by atoms with E-state index >= 15 is 0 Å². The molecule has 2 heterocycles. The molecule has 3 atom stereocenters. The van der Waals surface area contributed by atoms with E-state index in [4.69, 9.17) is 10.6 Å². The number of ether oxygens (including phenoxy) is 1. The largest absolute Gasteiger partial charge is 0.378 e. The van der Waals surface area contributed by atoms with Gasteiger partial charge in [0, 0.05) is 24.9 Å². The summed E-state index contributed by atoms with van der Waals surface area (Å²) >= 11 is 0. The van der Waals surface area contributed by atoms with Crippen LogP contribution in [0.15, 0.2) is 24.5 Å². The van der Waals surface area contributed by atoms with Gasteiger partial charge < -0.3 is 4.74 Å². The van der Waals surface area contributed by atoms with Crippen LogP contribution < -0.4 is 11.3 Å². The Morgan fingerprint density at radius 2 is 2.56 bits per heavy atom. The van der Waals surface area contributed by atoms with Crippen LogP contribution in [0.2, 0.25) is 0 Å². The highest BCUT2D eigenvalue weighted by Crippen LogP contribution is 2.33. The summed E-state index contributed by atoms with van der Waals surface area (Å²) in [6, 6.07) is 4.14. The van der Waals surface area contributed by atoms with Gasteiger partial charge in [-0.05, 0) is 24.5 Å². The van der Waals surface area contributed by atoms with Gasteiger partial charge in [0.05, 0.1) is 12.1 Å². The molecule has 1 aliphatic heterocycles. The van der Waals surface area contributed by atoms with Gasteiger partial charge in [-0.25, -0.2) is 0 Å². The van der Waals surface area contributed by atoms with Gasteiger partial charge in [-0.15, -0.1) is 0 Å². The summed E-state index contributed by atoms with van der Waals surface area (Å²) in [6.07, 6.45) is 6.04. The smallest absolute Gasteiger partial charge is 0.0620 e. The van der Waals surface area contributed by atoms with Gasteiger partial charge in [0.15, 0.2) is 0 Å². The normalized spacial score (nSPS) is 26.9.